The fourth-order valence-corrected chi connectivity index (χ4v) is 3.94. The molecule has 4 aromatic heterocycles. The van der Waals surface area contributed by atoms with E-state index in [4.69, 9.17) is 4.52 Å². The molecular formula is C22H19N5O2. The third-order valence-electron chi connectivity index (χ3n) is 5.29. The molecule has 0 saturated heterocycles. The summed E-state index contributed by atoms with van der Waals surface area (Å²) in [6, 6.07) is 9.81. The number of nitrogens with zero attached hydrogens (tertiary/aromatic N) is 4. The van der Waals surface area contributed by atoms with E-state index < -0.39 is 0 Å². The number of aryl methyl sites for hydroxylation is 3. The summed E-state index contributed by atoms with van der Waals surface area (Å²) in [5.74, 6) is 0.778. The van der Waals surface area contributed by atoms with Crippen molar-refractivity contribution < 1.29 is 4.52 Å². The molecule has 5 aromatic rings. The van der Waals surface area contributed by atoms with Gasteiger partial charge in [0.05, 0.1) is 40.7 Å². The summed E-state index contributed by atoms with van der Waals surface area (Å²) in [7, 11) is 0. The van der Waals surface area contributed by atoms with Gasteiger partial charge in [-0.3, -0.25) is 14.5 Å². The minimum absolute atomic E-state index is 0.174. The lowest BCUT2D eigenvalue weighted by molar-refractivity contribution is 0.393. The standard InChI is InChI=1S/C22H19N5O2/c1-12-8-17-18(9-16(12)20-13(2)26-29-14(20)3)24-10-19-21(17)27(22(28)25-19)11-15-6-4-5-7-23-15/h4-10H,11H2,1-3H3,(H,25,28). The van der Waals surface area contributed by atoms with Crippen molar-refractivity contribution in [3.63, 3.8) is 0 Å². The Balaban J connectivity index is 1.77. The summed E-state index contributed by atoms with van der Waals surface area (Å²) in [5, 5.41) is 5.00. The van der Waals surface area contributed by atoms with Crippen LogP contribution in [0.25, 0.3) is 33.1 Å². The van der Waals surface area contributed by atoms with Crippen molar-refractivity contribution in [3.8, 4) is 11.1 Å². The molecule has 0 aliphatic heterocycles. The first-order chi connectivity index (χ1) is 14.0. The van der Waals surface area contributed by atoms with Crippen molar-refractivity contribution in [2.45, 2.75) is 27.3 Å². The van der Waals surface area contributed by atoms with Crippen LogP contribution in [0.2, 0.25) is 0 Å². The van der Waals surface area contributed by atoms with E-state index in [1.54, 1.807) is 17.0 Å². The van der Waals surface area contributed by atoms with Gasteiger partial charge in [-0.2, -0.15) is 0 Å². The van der Waals surface area contributed by atoms with Crippen molar-refractivity contribution in [1.29, 1.82) is 0 Å². The van der Waals surface area contributed by atoms with Crippen molar-refractivity contribution in [2.24, 2.45) is 0 Å². The minimum atomic E-state index is -0.174. The molecule has 7 nitrogen and oxygen atoms in total. The average Bonchev–Trinajstić information content (AvgIpc) is 3.21. The number of rotatable bonds is 3. The first-order valence-corrected chi connectivity index (χ1v) is 9.38. The number of hydrogen-bond acceptors (Lipinski definition) is 5. The van der Waals surface area contributed by atoms with Crippen molar-refractivity contribution >= 4 is 21.9 Å². The van der Waals surface area contributed by atoms with Crippen molar-refractivity contribution in [2.75, 3.05) is 0 Å². The zero-order chi connectivity index (χ0) is 20.1. The number of nitrogens with one attached hydrogen (secondary N) is 1. The SMILES string of the molecule is Cc1cc2c(cc1-c1c(C)noc1C)ncc1[nH]c(=O)n(Cc3ccccn3)c12. The minimum Gasteiger partial charge on any atom is -0.361 e. The molecule has 0 atom stereocenters. The van der Waals surface area contributed by atoms with Gasteiger partial charge in [0.2, 0.25) is 0 Å². The zero-order valence-electron chi connectivity index (χ0n) is 16.4. The Morgan fingerprint density at radius 2 is 2.00 bits per heavy atom. The van der Waals surface area contributed by atoms with E-state index in [1.807, 2.05) is 45.0 Å². The molecule has 0 spiro atoms. The van der Waals surface area contributed by atoms with Crippen LogP contribution in [-0.2, 0) is 6.54 Å². The van der Waals surface area contributed by atoms with Gasteiger partial charge in [-0.15, -0.1) is 0 Å². The van der Waals surface area contributed by atoms with Crippen LogP contribution >= 0.6 is 0 Å². The molecule has 5 rings (SSSR count). The summed E-state index contributed by atoms with van der Waals surface area (Å²) in [6.07, 6.45) is 3.44. The highest BCUT2D eigenvalue weighted by atomic mass is 16.5. The Kier molecular flexibility index (Phi) is 3.84. The number of aromatic nitrogens is 5. The Bertz CT molecular complexity index is 1410. The Hall–Kier alpha value is -3.74. The summed E-state index contributed by atoms with van der Waals surface area (Å²) < 4.78 is 7.07. The van der Waals surface area contributed by atoms with Crippen LogP contribution < -0.4 is 5.69 Å². The Labute approximate surface area is 166 Å². The van der Waals surface area contributed by atoms with Crippen molar-refractivity contribution in [1.82, 2.24) is 24.7 Å². The van der Waals surface area contributed by atoms with E-state index in [1.165, 1.54) is 0 Å². The van der Waals surface area contributed by atoms with Crippen LogP contribution in [0.5, 0.6) is 0 Å². The number of imidazole rings is 1. The highest BCUT2D eigenvalue weighted by Crippen LogP contribution is 2.34. The van der Waals surface area contributed by atoms with Gasteiger partial charge in [0.1, 0.15) is 5.76 Å². The van der Waals surface area contributed by atoms with Crippen LogP contribution in [0.3, 0.4) is 0 Å². The van der Waals surface area contributed by atoms with Crippen LogP contribution in [-0.4, -0.2) is 24.7 Å². The Morgan fingerprint density at radius 1 is 1.14 bits per heavy atom. The van der Waals surface area contributed by atoms with Crippen LogP contribution in [0.4, 0.5) is 0 Å². The summed E-state index contributed by atoms with van der Waals surface area (Å²) in [4.78, 5) is 24.5. The number of benzene rings is 1. The van der Waals surface area contributed by atoms with Gasteiger partial charge in [0, 0.05) is 17.1 Å². The molecule has 0 aliphatic rings. The summed E-state index contributed by atoms with van der Waals surface area (Å²) >= 11 is 0. The molecule has 0 bridgehead atoms. The second kappa shape index (κ2) is 6.41. The molecule has 1 N–H and O–H groups in total. The lowest BCUT2D eigenvalue weighted by atomic mass is 9.97. The number of pyridine rings is 2. The second-order valence-corrected chi connectivity index (χ2v) is 7.24. The van der Waals surface area contributed by atoms with Crippen LogP contribution in [0.15, 0.2) is 52.0 Å². The molecule has 0 unspecified atom stereocenters. The fraction of sp³-hybridized carbons (Fsp3) is 0.182. The fourth-order valence-electron chi connectivity index (χ4n) is 3.94. The molecule has 0 amide bonds. The maximum atomic E-state index is 12.6. The largest absolute Gasteiger partial charge is 0.361 e. The monoisotopic (exact) mass is 385 g/mol. The topological polar surface area (TPSA) is 89.6 Å². The normalized spacial score (nSPS) is 11.6. The number of aromatic amines is 1. The maximum Gasteiger partial charge on any atom is 0.326 e. The van der Waals surface area contributed by atoms with Crippen LogP contribution in [0.1, 0.15) is 22.7 Å². The van der Waals surface area contributed by atoms with Crippen molar-refractivity contribution in [3.05, 3.63) is 75.9 Å². The van der Waals surface area contributed by atoms with Gasteiger partial charge in [-0.25, -0.2) is 4.79 Å². The molecule has 0 aliphatic carbocycles. The third-order valence-corrected chi connectivity index (χ3v) is 5.29. The van der Waals surface area contributed by atoms with Gasteiger partial charge in [-0.05, 0) is 56.2 Å². The molecule has 1 aromatic carbocycles. The molecule has 29 heavy (non-hydrogen) atoms. The van der Waals surface area contributed by atoms with Gasteiger partial charge in [0.15, 0.2) is 0 Å². The van der Waals surface area contributed by atoms with Gasteiger partial charge in [-0.1, -0.05) is 11.2 Å². The van der Waals surface area contributed by atoms with Gasteiger partial charge >= 0.3 is 5.69 Å². The molecule has 144 valence electrons. The van der Waals surface area contributed by atoms with Gasteiger partial charge < -0.3 is 9.51 Å². The quantitative estimate of drug-likeness (QED) is 0.509. The summed E-state index contributed by atoms with van der Waals surface area (Å²) in [5.41, 5.74) is 6.95. The predicted molar refractivity (Wildman–Crippen MR) is 111 cm³/mol. The van der Waals surface area contributed by atoms with E-state index in [-0.39, 0.29) is 5.69 Å². The first-order valence-electron chi connectivity index (χ1n) is 9.38. The Morgan fingerprint density at radius 3 is 2.72 bits per heavy atom. The van der Waals surface area contributed by atoms with E-state index >= 15 is 0 Å². The molecule has 0 radical (unpaired) electrons. The molecular weight excluding hydrogens is 366 g/mol. The highest BCUT2D eigenvalue weighted by molar-refractivity contribution is 6.04. The smallest absolute Gasteiger partial charge is 0.326 e. The maximum absolute atomic E-state index is 12.6. The van der Waals surface area contributed by atoms with E-state index in [9.17, 15) is 4.79 Å². The van der Waals surface area contributed by atoms with E-state index in [0.29, 0.717) is 12.1 Å². The van der Waals surface area contributed by atoms with E-state index in [0.717, 1.165) is 50.3 Å². The highest BCUT2D eigenvalue weighted by Gasteiger charge is 2.18. The lowest BCUT2D eigenvalue weighted by Crippen LogP contribution is -2.18. The second-order valence-electron chi connectivity index (χ2n) is 7.24. The zero-order valence-corrected chi connectivity index (χ0v) is 16.4. The molecule has 0 fully saturated rings. The first kappa shape index (κ1) is 17.4. The van der Waals surface area contributed by atoms with E-state index in [2.05, 4.69) is 26.2 Å². The lowest BCUT2D eigenvalue weighted by Gasteiger charge is -2.10. The number of hydrogen-bond donors (Lipinski definition) is 1. The third kappa shape index (κ3) is 2.74. The molecule has 4 heterocycles. The number of H-pyrrole nitrogens is 1. The van der Waals surface area contributed by atoms with Gasteiger partial charge in [0.25, 0.3) is 0 Å². The predicted octanol–water partition coefficient (Wildman–Crippen LogP) is 3.90. The number of fused-ring (bicyclic) bond motifs is 3. The molecule has 7 heteroatoms. The summed E-state index contributed by atoms with van der Waals surface area (Å²) in [6.45, 7) is 6.28. The average molecular weight is 385 g/mol. The molecule has 0 saturated carbocycles. The van der Waals surface area contributed by atoms with Crippen LogP contribution in [0, 0.1) is 20.8 Å².